The molecular formula is C16H26O2. The molecule has 2 nitrogen and oxygen atoms in total. The largest absolute Gasteiger partial charge is 0.372 e. The van der Waals surface area contributed by atoms with Gasteiger partial charge >= 0.3 is 0 Å². The average Bonchev–Trinajstić information content (AvgIpc) is 2.95. The molecule has 3 atom stereocenters. The Bertz CT molecular complexity index is 317. The van der Waals surface area contributed by atoms with Crippen molar-refractivity contribution in [2.45, 2.75) is 82.8 Å². The molecule has 1 aliphatic heterocycles. The van der Waals surface area contributed by atoms with Crippen LogP contribution in [0, 0.1) is 11.8 Å². The van der Waals surface area contributed by atoms with Gasteiger partial charge < -0.3 is 4.74 Å². The van der Waals surface area contributed by atoms with Gasteiger partial charge in [0.1, 0.15) is 5.78 Å². The van der Waals surface area contributed by atoms with Crippen LogP contribution in [0.3, 0.4) is 0 Å². The maximum atomic E-state index is 12.0. The van der Waals surface area contributed by atoms with Crippen molar-refractivity contribution in [3.05, 3.63) is 0 Å². The topological polar surface area (TPSA) is 26.3 Å². The second-order valence-corrected chi connectivity index (χ2v) is 6.95. The minimum atomic E-state index is 0.230. The van der Waals surface area contributed by atoms with Crippen molar-refractivity contribution < 1.29 is 9.53 Å². The number of rotatable bonds is 2. The first-order valence-electron chi connectivity index (χ1n) is 7.87. The molecule has 0 aromatic carbocycles. The molecule has 0 aromatic rings. The van der Waals surface area contributed by atoms with Crippen molar-refractivity contribution in [2.75, 3.05) is 0 Å². The van der Waals surface area contributed by atoms with E-state index in [-0.39, 0.29) is 5.60 Å². The summed E-state index contributed by atoms with van der Waals surface area (Å²) in [5.74, 6) is 1.54. The van der Waals surface area contributed by atoms with E-state index in [2.05, 4.69) is 6.92 Å². The lowest BCUT2D eigenvalue weighted by atomic mass is 9.78. The Balaban J connectivity index is 1.55. The normalized spacial score (nSPS) is 39.6. The summed E-state index contributed by atoms with van der Waals surface area (Å²) >= 11 is 0. The van der Waals surface area contributed by atoms with E-state index < -0.39 is 0 Å². The zero-order chi connectivity index (χ0) is 12.6. The Labute approximate surface area is 110 Å². The molecule has 0 radical (unpaired) electrons. The maximum absolute atomic E-state index is 12.0. The van der Waals surface area contributed by atoms with E-state index in [1.54, 1.807) is 0 Å². The fraction of sp³-hybridized carbons (Fsp3) is 0.938. The van der Waals surface area contributed by atoms with Crippen molar-refractivity contribution in [1.29, 1.82) is 0 Å². The molecule has 0 bridgehead atoms. The quantitative estimate of drug-likeness (QED) is 0.743. The summed E-state index contributed by atoms with van der Waals surface area (Å²) in [7, 11) is 0. The third-order valence-corrected chi connectivity index (χ3v) is 5.43. The van der Waals surface area contributed by atoms with Gasteiger partial charge in [0.2, 0.25) is 0 Å². The summed E-state index contributed by atoms with van der Waals surface area (Å²) in [6.45, 7) is 2.29. The molecule has 2 heteroatoms. The van der Waals surface area contributed by atoms with Crippen LogP contribution in [0.1, 0.15) is 71.1 Å². The number of carbonyl (C=O) groups is 1. The predicted octanol–water partition coefficient (Wildman–Crippen LogP) is 3.87. The zero-order valence-corrected chi connectivity index (χ0v) is 11.6. The Kier molecular flexibility index (Phi) is 3.48. The number of ketones is 1. The zero-order valence-electron chi connectivity index (χ0n) is 11.6. The average molecular weight is 250 g/mol. The smallest absolute Gasteiger partial charge is 0.136 e. The molecule has 2 saturated carbocycles. The fourth-order valence-electron chi connectivity index (χ4n) is 4.32. The summed E-state index contributed by atoms with van der Waals surface area (Å²) in [6.07, 6.45) is 12.0. The fourth-order valence-corrected chi connectivity index (χ4v) is 4.32. The lowest BCUT2D eigenvalue weighted by Crippen LogP contribution is -2.29. The van der Waals surface area contributed by atoms with Gasteiger partial charge in [0.05, 0.1) is 11.7 Å². The highest BCUT2D eigenvalue weighted by atomic mass is 16.5. The number of Topliss-reactive ketones (excluding diaryl/α,β-unsaturated/α-hetero) is 1. The van der Waals surface area contributed by atoms with Gasteiger partial charge in [-0.25, -0.2) is 0 Å². The molecule has 3 fully saturated rings. The maximum Gasteiger partial charge on any atom is 0.136 e. The first kappa shape index (κ1) is 12.7. The van der Waals surface area contributed by atoms with Crippen LogP contribution in [0.5, 0.6) is 0 Å². The van der Waals surface area contributed by atoms with Crippen LogP contribution in [-0.2, 0) is 9.53 Å². The SMILES string of the molecule is CC1CCC(=O)C(CC2CCC3(CCCC3)O2)C1. The van der Waals surface area contributed by atoms with E-state index in [1.807, 2.05) is 0 Å². The van der Waals surface area contributed by atoms with Gasteiger partial charge in [0.15, 0.2) is 0 Å². The molecule has 3 unspecified atom stereocenters. The summed E-state index contributed by atoms with van der Waals surface area (Å²) in [5.41, 5.74) is 0.230. The Hall–Kier alpha value is -0.370. The molecule has 0 amide bonds. The molecule has 18 heavy (non-hydrogen) atoms. The summed E-state index contributed by atoms with van der Waals surface area (Å²) in [6, 6.07) is 0. The minimum Gasteiger partial charge on any atom is -0.372 e. The van der Waals surface area contributed by atoms with E-state index in [9.17, 15) is 4.79 Å². The Morgan fingerprint density at radius 2 is 2.00 bits per heavy atom. The molecule has 102 valence electrons. The molecule has 0 N–H and O–H groups in total. The van der Waals surface area contributed by atoms with Crippen LogP contribution in [0.25, 0.3) is 0 Å². The van der Waals surface area contributed by atoms with Crippen molar-refractivity contribution in [1.82, 2.24) is 0 Å². The van der Waals surface area contributed by atoms with Gasteiger partial charge in [-0.2, -0.15) is 0 Å². The monoisotopic (exact) mass is 250 g/mol. The number of hydrogen-bond acceptors (Lipinski definition) is 2. The van der Waals surface area contributed by atoms with E-state index in [0.29, 0.717) is 17.8 Å². The lowest BCUT2D eigenvalue weighted by Gasteiger charge is -2.29. The molecule has 3 rings (SSSR count). The van der Waals surface area contributed by atoms with Gasteiger partial charge in [-0.15, -0.1) is 0 Å². The highest BCUT2D eigenvalue weighted by molar-refractivity contribution is 5.81. The third kappa shape index (κ3) is 2.49. The Morgan fingerprint density at radius 1 is 1.22 bits per heavy atom. The van der Waals surface area contributed by atoms with Gasteiger partial charge in [-0.3, -0.25) is 4.79 Å². The van der Waals surface area contributed by atoms with E-state index in [4.69, 9.17) is 4.74 Å². The third-order valence-electron chi connectivity index (χ3n) is 5.43. The van der Waals surface area contributed by atoms with Crippen molar-refractivity contribution in [3.63, 3.8) is 0 Å². The lowest BCUT2D eigenvalue weighted by molar-refractivity contribution is -0.127. The van der Waals surface area contributed by atoms with Crippen molar-refractivity contribution >= 4 is 5.78 Å². The number of ether oxygens (including phenoxy) is 1. The van der Waals surface area contributed by atoms with Crippen LogP contribution in [0.15, 0.2) is 0 Å². The molecular weight excluding hydrogens is 224 g/mol. The van der Waals surface area contributed by atoms with E-state index in [1.165, 1.54) is 38.5 Å². The second kappa shape index (κ2) is 4.96. The Morgan fingerprint density at radius 3 is 2.78 bits per heavy atom. The van der Waals surface area contributed by atoms with E-state index in [0.717, 1.165) is 31.6 Å². The molecule has 1 saturated heterocycles. The summed E-state index contributed by atoms with van der Waals surface area (Å²) < 4.78 is 6.34. The first-order chi connectivity index (χ1) is 8.67. The minimum absolute atomic E-state index is 0.230. The number of carbonyl (C=O) groups excluding carboxylic acids is 1. The molecule has 1 heterocycles. The van der Waals surface area contributed by atoms with Crippen LogP contribution in [0.4, 0.5) is 0 Å². The van der Waals surface area contributed by atoms with Gasteiger partial charge in [0.25, 0.3) is 0 Å². The molecule has 3 aliphatic rings. The highest BCUT2D eigenvalue weighted by Gasteiger charge is 2.43. The first-order valence-corrected chi connectivity index (χ1v) is 7.87. The molecule has 0 aromatic heterocycles. The molecule has 2 aliphatic carbocycles. The van der Waals surface area contributed by atoms with E-state index >= 15 is 0 Å². The van der Waals surface area contributed by atoms with Crippen LogP contribution >= 0.6 is 0 Å². The van der Waals surface area contributed by atoms with Gasteiger partial charge in [-0.05, 0) is 50.9 Å². The number of hydrogen-bond donors (Lipinski definition) is 0. The highest BCUT2D eigenvalue weighted by Crippen LogP contribution is 2.45. The second-order valence-electron chi connectivity index (χ2n) is 6.95. The summed E-state index contributed by atoms with van der Waals surface area (Å²) in [5, 5.41) is 0. The summed E-state index contributed by atoms with van der Waals surface area (Å²) in [4.78, 5) is 12.0. The van der Waals surface area contributed by atoms with Crippen molar-refractivity contribution in [2.24, 2.45) is 11.8 Å². The van der Waals surface area contributed by atoms with Crippen molar-refractivity contribution in [3.8, 4) is 0 Å². The van der Waals surface area contributed by atoms with Crippen LogP contribution < -0.4 is 0 Å². The van der Waals surface area contributed by atoms with Gasteiger partial charge in [-0.1, -0.05) is 19.8 Å². The predicted molar refractivity (Wildman–Crippen MR) is 71.4 cm³/mol. The van der Waals surface area contributed by atoms with Gasteiger partial charge in [0, 0.05) is 12.3 Å². The van der Waals surface area contributed by atoms with Crippen LogP contribution in [0.2, 0.25) is 0 Å². The standard InChI is InChI=1S/C16H26O2/c1-12-4-5-15(17)13(10-12)11-14-6-9-16(18-14)7-2-3-8-16/h12-14H,2-11H2,1H3. The molecule has 1 spiro atoms. The van der Waals surface area contributed by atoms with Crippen LogP contribution in [-0.4, -0.2) is 17.5 Å².